The molecule has 2 aliphatic rings. The molecule has 1 unspecified atom stereocenters. The van der Waals surface area contributed by atoms with Crippen LogP contribution in [-0.2, 0) is 24.2 Å². The van der Waals surface area contributed by atoms with Crippen LogP contribution < -0.4 is 25.4 Å². The van der Waals surface area contributed by atoms with Gasteiger partial charge in [0.15, 0.2) is 0 Å². The third-order valence-electron chi connectivity index (χ3n) is 6.23. The molecule has 2 aromatic rings. The summed E-state index contributed by atoms with van der Waals surface area (Å²) in [5.41, 5.74) is 3.17. The van der Waals surface area contributed by atoms with Crippen molar-refractivity contribution in [1.82, 2.24) is 0 Å². The number of pyridine rings is 1. The highest BCUT2D eigenvalue weighted by Crippen LogP contribution is 2.25. The molecule has 8 heteroatoms. The van der Waals surface area contributed by atoms with Crippen molar-refractivity contribution in [3.8, 4) is 6.07 Å². The minimum absolute atomic E-state index is 0.612. The van der Waals surface area contributed by atoms with Crippen LogP contribution in [0.1, 0.15) is 29.4 Å². The van der Waals surface area contributed by atoms with Crippen molar-refractivity contribution >= 4 is 11.6 Å². The summed E-state index contributed by atoms with van der Waals surface area (Å²) in [6.45, 7) is 11.5. The van der Waals surface area contributed by atoms with Crippen LogP contribution in [0.2, 0.25) is 0 Å². The van der Waals surface area contributed by atoms with E-state index in [9.17, 15) is 5.26 Å². The van der Waals surface area contributed by atoms with Crippen molar-refractivity contribution in [2.75, 3.05) is 63.1 Å². The molecule has 160 valence electrons. The summed E-state index contributed by atoms with van der Waals surface area (Å²) in [4.78, 5) is 6.59. The zero-order chi connectivity index (χ0) is 20.8. The second kappa shape index (κ2) is 9.94. The number of morpholine rings is 1. The van der Waals surface area contributed by atoms with Gasteiger partial charge in [0.05, 0.1) is 38.1 Å². The highest BCUT2D eigenvalue weighted by atomic mass is 16.5. The molecule has 0 aromatic carbocycles. The highest BCUT2D eigenvalue weighted by molar-refractivity contribution is 5.60. The van der Waals surface area contributed by atoms with E-state index in [2.05, 4.69) is 28.6 Å². The standard InChI is InChI=1S/C22H30N6O2/c1-2-27-7-5-18-19(14-23)21(24-6-8-28-9-12-29-13-10-28)26-22(20(18)16-27)25-15-17-4-3-11-30-17/h3-4,11H,2,5-10,12-13,15-16H2,1H3,(H2,24,25,26)/p+3. The quantitative estimate of drug-likeness (QED) is 0.439. The number of aromatic nitrogens is 1. The van der Waals surface area contributed by atoms with Gasteiger partial charge in [-0.2, -0.15) is 5.26 Å². The third kappa shape index (κ3) is 4.75. The normalized spacial score (nSPS) is 19.1. The summed E-state index contributed by atoms with van der Waals surface area (Å²) < 4.78 is 10.9. The molecule has 5 N–H and O–H groups in total. The zero-order valence-corrected chi connectivity index (χ0v) is 17.8. The third-order valence-corrected chi connectivity index (χ3v) is 6.23. The fourth-order valence-corrected chi connectivity index (χ4v) is 4.40. The fourth-order valence-electron chi connectivity index (χ4n) is 4.40. The number of H-pyrrole nitrogens is 1. The molecule has 1 fully saturated rings. The van der Waals surface area contributed by atoms with Gasteiger partial charge in [-0.25, -0.2) is 4.98 Å². The minimum atomic E-state index is 0.612. The molecule has 0 spiro atoms. The van der Waals surface area contributed by atoms with Crippen LogP contribution in [0.25, 0.3) is 0 Å². The number of hydrogen-bond acceptors (Lipinski definition) is 5. The van der Waals surface area contributed by atoms with Crippen LogP contribution in [-0.4, -0.2) is 52.5 Å². The minimum Gasteiger partial charge on any atom is -0.466 e. The Morgan fingerprint density at radius 2 is 2.00 bits per heavy atom. The average Bonchev–Trinajstić information content (AvgIpc) is 3.31. The van der Waals surface area contributed by atoms with Gasteiger partial charge in [-0.3, -0.25) is 10.6 Å². The van der Waals surface area contributed by atoms with Gasteiger partial charge < -0.3 is 19.0 Å². The number of nitrogens with one attached hydrogen (secondary N) is 5. The van der Waals surface area contributed by atoms with Crippen molar-refractivity contribution in [1.29, 1.82) is 5.26 Å². The van der Waals surface area contributed by atoms with Crippen LogP contribution in [0.4, 0.5) is 11.6 Å². The molecule has 4 rings (SSSR count). The summed E-state index contributed by atoms with van der Waals surface area (Å²) in [5.74, 6) is 2.71. The van der Waals surface area contributed by atoms with Gasteiger partial charge in [-0.15, -0.1) is 0 Å². The molecule has 2 aliphatic heterocycles. The summed E-state index contributed by atoms with van der Waals surface area (Å²) in [7, 11) is 0. The Hall–Kier alpha value is -2.60. The van der Waals surface area contributed by atoms with Crippen LogP contribution in [0.15, 0.2) is 22.8 Å². The maximum Gasteiger partial charge on any atom is 0.237 e. The first kappa shape index (κ1) is 20.7. The van der Waals surface area contributed by atoms with Crippen LogP contribution >= 0.6 is 0 Å². The van der Waals surface area contributed by atoms with E-state index in [4.69, 9.17) is 9.15 Å². The van der Waals surface area contributed by atoms with E-state index in [1.54, 1.807) is 11.2 Å². The predicted octanol–water partition coefficient (Wildman–Crippen LogP) is -1.13. The van der Waals surface area contributed by atoms with Crippen molar-refractivity contribution < 1.29 is 23.9 Å². The Morgan fingerprint density at radius 3 is 2.73 bits per heavy atom. The zero-order valence-electron chi connectivity index (χ0n) is 17.8. The molecular formula is C22H33N6O2+3. The lowest BCUT2D eigenvalue weighted by Gasteiger charge is -2.26. The molecule has 0 radical (unpaired) electrons. The number of quaternary nitrogens is 2. The number of furan rings is 1. The van der Waals surface area contributed by atoms with Crippen molar-refractivity contribution in [3.05, 3.63) is 40.8 Å². The Kier molecular flexibility index (Phi) is 6.84. The van der Waals surface area contributed by atoms with E-state index in [1.165, 1.54) is 16.0 Å². The van der Waals surface area contributed by atoms with E-state index < -0.39 is 0 Å². The smallest absolute Gasteiger partial charge is 0.237 e. The molecule has 30 heavy (non-hydrogen) atoms. The second-order valence-corrected chi connectivity index (χ2v) is 8.07. The number of ether oxygens (including phenoxy) is 1. The summed E-state index contributed by atoms with van der Waals surface area (Å²) in [6, 6.07) is 6.34. The van der Waals surface area contributed by atoms with Crippen LogP contribution in [0, 0.1) is 11.3 Å². The summed E-state index contributed by atoms with van der Waals surface area (Å²) in [6.07, 6.45) is 2.62. The second-order valence-electron chi connectivity index (χ2n) is 8.07. The Bertz CT molecular complexity index is 871. The number of nitrogens with zero attached hydrogens (tertiary/aromatic N) is 1. The van der Waals surface area contributed by atoms with Gasteiger partial charge in [0.1, 0.15) is 56.7 Å². The topological polar surface area (TPSA) is 93.2 Å². The Morgan fingerprint density at radius 1 is 1.13 bits per heavy atom. The number of aromatic amines is 1. The monoisotopic (exact) mass is 413 g/mol. The van der Waals surface area contributed by atoms with E-state index in [0.29, 0.717) is 6.54 Å². The van der Waals surface area contributed by atoms with Crippen LogP contribution in [0.3, 0.4) is 0 Å². The van der Waals surface area contributed by atoms with Crippen molar-refractivity contribution in [2.45, 2.75) is 26.4 Å². The molecule has 0 saturated carbocycles. The van der Waals surface area contributed by atoms with E-state index in [-0.39, 0.29) is 0 Å². The summed E-state index contributed by atoms with van der Waals surface area (Å²) >= 11 is 0. The number of likely N-dealkylation sites (N-methyl/N-ethyl adjacent to an activating group) is 1. The molecule has 0 bridgehead atoms. The number of anilines is 2. The Labute approximate surface area is 177 Å². The van der Waals surface area contributed by atoms with Gasteiger partial charge >= 0.3 is 0 Å². The van der Waals surface area contributed by atoms with Gasteiger partial charge in [-0.05, 0) is 24.6 Å². The van der Waals surface area contributed by atoms with Crippen molar-refractivity contribution in [3.63, 3.8) is 0 Å². The lowest BCUT2D eigenvalue weighted by molar-refractivity contribution is -0.914. The Balaban J connectivity index is 1.55. The maximum atomic E-state index is 9.94. The predicted molar refractivity (Wildman–Crippen MR) is 112 cm³/mol. The molecule has 4 heterocycles. The molecule has 0 amide bonds. The SMILES string of the molecule is CC[NH+]1CCc2c(C#N)c(NCC[NH+]3CCOCC3)[nH+]c(NCc3ccco3)c2C1. The first-order valence-corrected chi connectivity index (χ1v) is 11.0. The van der Waals surface area contributed by atoms with Crippen LogP contribution in [0.5, 0.6) is 0 Å². The number of hydrogen-bond donors (Lipinski definition) is 4. The van der Waals surface area contributed by atoms with E-state index in [0.717, 1.165) is 88.4 Å². The fraction of sp³-hybridized carbons (Fsp3) is 0.545. The molecule has 8 nitrogen and oxygen atoms in total. The van der Waals surface area contributed by atoms with Gasteiger partial charge in [0, 0.05) is 6.42 Å². The first-order chi connectivity index (χ1) is 14.8. The van der Waals surface area contributed by atoms with E-state index in [1.807, 2.05) is 12.1 Å². The first-order valence-electron chi connectivity index (χ1n) is 11.0. The number of fused-ring (bicyclic) bond motifs is 1. The molecule has 1 atom stereocenters. The molecule has 0 aliphatic carbocycles. The molecule has 1 saturated heterocycles. The number of rotatable bonds is 8. The van der Waals surface area contributed by atoms with Gasteiger partial charge in [-0.1, -0.05) is 0 Å². The molecule has 2 aromatic heterocycles. The van der Waals surface area contributed by atoms with Gasteiger partial charge in [0.25, 0.3) is 0 Å². The largest absolute Gasteiger partial charge is 0.466 e. The lowest BCUT2D eigenvalue weighted by Crippen LogP contribution is -3.14. The number of nitriles is 1. The molecular weight excluding hydrogens is 380 g/mol. The maximum absolute atomic E-state index is 9.94. The van der Waals surface area contributed by atoms with Crippen molar-refractivity contribution in [2.24, 2.45) is 0 Å². The summed E-state index contributed by atoms with van der Waals surface area (Å²) in [5, 5.41) is 17.0. The van der Waals surface area contributed by atoms with E-state index >= 15 is 0 Å². The average molecular weight is 414 g/mol. The lowest BCUT2D eigenvalue weighted by atomic mass is 9.95. The highest BCUT2D eigenvalue weighted by Gasteiger charge is 2.30. The van der Waals surface area contributed by atoms with Gasteiger partial charge in [0.2, 0.25) is 11.6 Å².